The van der Waals surface area contributed by atoms with Crippen LogP contribution in [0.5, 0.6) is 0 Å². The van der Waals surface area contributed by atoms with Gasteiger partial charge in [0, 0.05) is 18.2 Å². The van der Waals surface area contributed by atoms with Crippen LogP contribution in [-0.2, 0) is 16.2 Å². The number of sulfonamides is 1. The summed E-state index contributed by atoms with van der Waals surface area (Å²) in [6, 6.07) is 4.91. The van der Waals surface area contributed by atoms with Crippen molar-refractivity contribution >= 4 is 16.0 Å². The quantitative estimate of drug-likeness (QED) is 0.693. The smallest absolute Gasteiger partial charge is 0.335 e. The number of anilines is 1. The summed E-state index contributed by atoms with van der Waals surface area (Å²) in [5, 5.41) is 6.97. The molecular weight excluding hydrogens is 409 g/mol. The molecule has 2 aromatic rings. The third kappa shape index (κ3) is 5.92. The lowest BCUT2D eigenvalue weighted by molar-refractivity contribution is -0.137. The van der Waals surface area contributed by atoms with Crippen molar-refractivity contribution in [2.45, 2.75) is 44.8 Å². The van der Waals surface area contributed by atoms with Gasteiger partial charge in [-0.1, -0.05) is 17.3 Å². The average Bonchev–Trinajstić information content (AvgIpc) is 3.15. The third-order valence-corrected chi connectivity index (χ3v) is 6.41. The Balaban J connectivity index is 1.51. The van der Waals surface area contributed by atoms with Gasteiger partial charge in [-0.05, 0) is 50.7 Å². The fourth-order valence-electron chi connectivity index (χ4n) is 3.24. The van der Waals surface area contributed by atoms with Crippen LogP contribution in [0, 0.1) is 5.92 Å². The molecule has 11 heteroatoms. The van der Waals surface area contributed by atoms with Crippen molar-refractivity contribution in [2.75, 3.05) is 17.6 Å². The minimum absolute atomic E-state index is 0.0718. The van der Waals surface area contributed by atoms with E-state index in [4.69, 9.17) is 4.52 Å². The van der Waals surface area contributed by atoms with Crippen molar-refractivity contribution < 1.29 is 26.1 Å². The first-order valence-electron chi connectivity index (χ1n) is 9.41. The van der Waals surface area contributed by atoms with E-state index >= 15 is 0 Å². The maximum atomic E-state index is 12.6. The van der Waals surface area contributed by atoms with E-state index in [0.717, 1.165) is 37.8 Å². The zero-order valence-electron chi connectivity index (χ0n) is 15.9. The van der Waals surface area contributed by atoms with Crippen LogP contribution in [0.2, 0.25) is 0 Å². The highest BCUT2D eigenvalue weighted by Gasteiger charge is 2.30. The predicted molar refractivity (Wildman–Crippen MR) is 102 cm³/mol. The molecule has 29 heavy (non-hydrogen) atoms. The van der Waals surface area contributed by atoms with E-state index in [0.29, 0.717) is 18.0 Å². The average molecular weight is 432 g/mol. The van der Waals surface area contributed by atoms with Crippen molar-refractivity contribution in [1.82, 2.24) is 14.9 Å². The van der Waals surface area contributed by atoms with Crippen LogP contribution in [0.15, 0.2) is 28.8 Å². The van der Waals surface area contributed by atoms with Gasteiger partial charge in [0.05, 0.1) is 11.3 Å². The standard InChI is InChI=1S/C18H23F3N4O3S/c1-2-29(26,27)22-11-12-3-9-15(10-4-12)23-17-24-16(25-28-17)13-5-7-14(8-6-13)18(19,20)21/h5-8,12,15,22H,2-4,9-11H2,1H3,(H,23,24,25)/t12-,15-. The van der Waals surface area contributed by atoms with Crippen molar-refractivity contribution in [2.24, 2.45) is 5.92 Å². The number of rotatable bonds is 7. The van der Waals surface area contributed by atoms with Crippen molar-refractivity contribution in [3.63, 3.8) is 0 Å². The van der Waals surface area contributed by atoms with E-state index in [9.17, 15) is 21.6 Å². The molecule has 0 saturated heterocycles. The zero-order valence-corrected chi connectivity index (χ0v) is 16.7. The van der Waals surface area contributed by atoms with Gasteiger partial charge in [0.1, 0.15) is 0 Å². The number of hydrogen-bond acceptors (Lipinski definition) is 6. The van der Waals surface area contributed by atoms with Crippen molar-refractivity contribution in [3.8, 4) is 11.4 Å². The molecule has 0 unspecified atom stereocenters. The summed E-state index contributed by atoms with van der Waals surface area (Å²) < 4.78 is 68.8. The monoisotopic (exact) mass is 432 g/mol. The van der Waals surface area contributed by atoms with E-state index in [2.05, 4.69) is 20.2 Å². The number of nitrogens with zero attached hydrogens (tertiary/aromatic N) is 2. The zero-order chi connectivity index (χ0) is 21.1. The van der Waals surface area contributed by atoms with E-state index in [-0.39, 0.29) is 23.6 Å². The van der Waals surface area contributed by atoms with Gasteiger partial charge in [0.25, 0.3) is 0 Å². The lowest BCUT2D eigenvalue weighted by Gasteiger charge is -2.28. The number of halogens is 3. The normalized spacial score (nSPS) is 20.6. The van der Waals surface area contributed by atoms with E-state index < -0.39 is 21.8 Å². The first kappa shape index (κ1) is 21.6. The molecule has 0 spiro atoms. The van der Waals surface area contributed by atoms with E-state index in [1.807, 2.05) is 0 Å². The van der Waals surface area contributed by atoms with Crippen LogP contribution in [-0.4, -0.2) is 36.9 Å². The molecule has 160 valence electrons. The number of nitrogens with one attached hydrogen (secondary N) is 2. The Morgan fingerprint density at radius 3 is 2.38 bits per heavy atom. The van der Waals surface area contributed by atoms with Gasteiger partial charge in [-0.3, -0.25) is 0 Å². The summed E-state index contributed by atoms with van der Waals surface area (Å²) in [4.78, 5) is 4.20. The maximum absolute atomic E-state index is 12.6. The second-order valence-electron chi connectivity index (χ2n) is 7.11. The van der Waals surface area contributed by atoms with E-state index in [1.54, 1.807) is 6.92 Å². The molecule has 0 atom stereocenters. The highest BCUT2D eigenvalue weighted by molar-refractivity contribution is 7.89. The topological polar surface area (TPSA) is 97.1 Å². The van der Waals surface area contributed by atoms with Gasteiger partial charge in [0.15, 0.2) is 0 Å². The molecule has 2 N–H and O–H groups in total. The van der Waals surface area contributed by atoms with Gasteiger partial charge in [-0.15, -0.1) is 0 Å². The van der Waals surface area contributed by atoms with Gasteiger partial charge < -0.3 is 9.84 Å². The fourth-order valence-corrected chi connectivity index (χ4v) is 3.93. The summed E-state index contributed by atoms with van der Waals surface area (Å²) in [5.74, 6) is 0.575. The van der Waals surface area contributed by atoms with Crippen LogP contribution in [0.3, 0.4) is 0 Å². The van der Waals surface area contributed by atoms with Gasteiger partial charge in [-0.25, -0.2) is 13.1 Å². The lowest BCUT2D eigenvalue weighted by atomic mass is 9.86. The Labute approximate surface area is 167 Å². The largest absolute Gasteiger partial charge is 0.416 e. The molecule has 0 amide bonds. The first-order chi connectivity index (χ1) is 13.7. The SMILES string of the molecule is CCS(=O)(=O)NC[C@H]1CC[C@H](Nc2nc(-c3ccc(C(F)(F)F)cc3)no2)CC1. The molecule has 1 aromatic heterocycles. The van der Waals surface area contributed by atoms with Crippen LogP contribution in [0.25, 0.3) is 11.4 Å². The summed E-state index contributed by atoms with van der Waals surface area (Å²) in [5.41, 5.74) is -0.303. The van der Waals surface area contributed by atoms with Crippen LogP contribution in [0.1, 0.15) is 38.2 Å². The lowest BCUT2D eigenvalue weighted by Crippen LogP contribution is -2.34. The number of benzene rings is 1. The highest BCUT2D eigenvalue weighted by Crippen LogP contribution is 2.31. The number of hydrogen-bond donors (Lipinski definition) is 2. The Morgan fingerprint density at radius 1 is 1.14 bits per heavy atom. The molecule has 1 saturated carbocycles. The highest BCUT2D eigenvalue weighted by atomic mass is 32.2. The molecule has 3 rings (SSSR count). The second kappa shape index (κ2) is 8.70. The molecular formula is C18H23F3N4O3S. The Morgan fingerprint density at radius 2 is 1.79 bits per heavy atom. The van der Waals surface area contributed by atoms with Gasteiger partial charge in [0.2, 0.25) is 15.8 Å². The molecule has 1 aromatic carbocycles. The van der Waals surface area contributed by atoms with Crippen LogP contribution < -0.4 is 10.0 Å². The predicted octanol–water partition coefficient (Wildman–Crippen LogP) is 3.67. The molecule has 1 aliphatic rings. The summed E-state index contributed by atoms with van der Waals surface area (Å²) in [7, 11) is -3.18. The molecule has 1 heterocycles. The molecule has 0 radical (unpaired) electrons. The Bertz CT molecular complexity index is 905. The third-order valence-electron chi connectivity index (χ3n) is 5.04. The Kier molecular flexibility index (Phi) is 6.47. The molecule has 0 aliphatic heterocycles. The number of alkyl halides is 3. The first-order valence-corrected chi connectivity index (χ1v) is 11.1. The van der Waals surface area contributed by atoms with Crippen molar-refractivity contribution in [1.29, 1.82) is 0 Å². The fraction of sp³-hybridized carbons (Fsp3) is 0.556. The maximum Gasteiger partial charge on any atom is 0.416 e. The molecule has 7 nitrogen and oxygen atoms in total. The summed E-state index contributed by atoms with van der Waals surface area (Å²) in [6.07, 6.45) is -1.00. The summed E-state index contributed by atoms with van der Waals surface area (Å²) >= 11 is 0. The minimum atomic E-state index is -4.39. The van der Waals surface area contributed by atoms with Gasteiger partial charge >= 0.3 is 12.2 Å². The van der Waals surface area contributed by atoms with Crippen LogP contribution >= 0.6 is 0 Å². The number of aromatic nitrogens is 2. The molecule has 0 bridgehead atoms. The van der Waals surface area contributed by atoms with Gasteiger partial charge in [-0.2, -0.15) is 18.2 Å². The van der Waals surface area contributed by atoms with Crippen LogP contribution in [0.4, 0.5) is 19.2 Å². The summed E-state index contributed by atoms with van der Waals surface area (Å²) in [6.45, 7) is 2.05. The Hall–Kier alpha value is -2.14. The van der Waals surface area contributed by atoms with Crippen molar-refractivity contribution in [3.05, 3.63) is 29.8 Å². The van der Waals surface area contributed by atoms with E-state index in [1.165, 1.54) is 12.1 Å². The minimum Gasteiger partial charge on any atom is -0.335 e. The molecule has 1 fully saturated rings. The second-order valence-corrected chi connectivity index (χ2v) is 9.21. The molecule has 1 aliphatic carbocycles.